The highest BCUT2D eigenvalue weighted by Crippen LogP contribution is 2.17. The zero-order valence-electron chi connectivity index (χ0n) is 9.93. The molecule has 0 fully saturated rings. The first-order valence-corrected chi connectivity index (χ1v) is 6.33. The van der Waals surface area contributed by atoms with Gasteiger partial charge in [-0.25, -0.2) is 9.97 Å². The molecule has 1 N–H and O–H groups in total. The van der Waals surface area contributed by atoms with E-state index in [-0.39, 0.29) is 0 Å². The van der Waals surface area contributed by atoms with Crippen molar-refractivity contribution in [2.75, 3.05) is 11.9 Å². The van der Waals surface area contributed by atoms with Gasteiger partial charge in [0.05, 0.1) is 13.2 Å². The summed E-state index contributed by atoms with van der Waals surface area (Å²) in [5, 5.41) is 3.25. The predicted octanol–water partition coefficient (Wildman–Crippen LogP) is 2.86. The Morgan fingerprint density at radius 1 is 1.35 bits per heavy atom. The molecule has 0 atom stereocenters. The van der Waals surface area contributed by atoms with Crippen LogP contribution in [0.25, 0.3) is 0 Å². The lowest BCUT2D eigenvalue weighted by atomic mass is 10.4. The van der Waals surface area contributed by atoms with Crippen LogP contribution in [0.2, 0.25) is 0 Å². The minimum absolute atomic E-state index is 0.604. The Morgan fingerprint density at radius 2 is 2.24 bits per heavy atom. The number of ether oxygens (including phenoxy) is 1. The highest BCUT2D eigenvalue weighted by Gasteiger charge is 2.00. The Labute approximate surface area is 105 Å². The summed E-state index contributed by atoms with van der Waals surface area (Å²) in [5.41, 5.74) is 0. The quantitative estimate of drug-likeness (QED) is 0.885. The largest absolute Gasteiger partial charge is 0.478 e. The van der Waals surface area contributed by atoms with E-state index in [0.29, 0.717) is 12.5 Å². The van der Waals surface area contributed by atoms with Crippen molar-refractivity contribution in [1.29, 1.82) is 0 Å². The first kappa shape index (κ1) is 11.9. The summed E-state index contributed by atoms with van der Waals surface area (Å²) in [6.07, 6.45) is 1.51. The van der Waals surface area contributed by atoms with Crippen molar-refractivity contribution >= 4 is 17.2 Å². The van der Waals surface area contributed by atoms with Crippen LogP contribution in [-0.4, -0.2) is 16.6 Å². The van der Waals surface area contributed by atoms with E-state index in [2.05, 4.69) is 34.3 Å². The summed E-state index contributed by atoms with van der Waals surface area (Å²) < 4.78 is 5.31. The normalized spacial score (nSPS) is 10.2. The van der Waals surface area contributed by atoms with Crippen LogP contribution in [-0.2, 0) is 6.54 Å². The van der Waals surface area contributed by atoms with Gasteiger partial charge in [0.2, 0.25) is 5.88 Å². The third-order valence-electron chi connectivity index (χ3n) is 2.17. The van der Waals surface area contributed by atoms with Crippen molar-refractivity contribution in [2.45, 2.75) is 20.4 Å². The number of thiophene rings is 1. The van der Waals surface area contributed by atoms with Crippen molar-refractivity contribution in [3.8, 4) is 5.88 Å². The van der Waals surface area contributed by atoms with E-state index in [9.17, 15) is 0 Å². The zero-order valence-corrected chi connectivity index (χ0v) is 10.8. The summed E-state index contributed by atoms with van der Waals surface area (Å²) in [7, 11) is 0. The fraction of sp³-hybridized carbons (Fsp3) is 0.333. The van der Waals surface area contributed by atoms with E-state index in [1.165, 1.54) is 16.1 Å². The number of anilines is 1. The van der Waals surface area contributed by atoms with Gasteiger partial charge in [-0.15, -0.1) is 11.3 Å². The average Bonchev–Trinajstić information content (AvgIpc) is 2.74. The molecule has 0 saturated carbocycles. The molecule has 2 heterocycles. The van der Waals surface area contributed by atoms with Crippen LogP contribution < -0.4 is 10.1 Å². The van der Waals surface area contributed by atoms with Gasteiger partial charge >= 0.3 is 0 Å². The number of hydrogen-bond donors (Lipinski definition) is 1. The molecular formula is C12H15N3OS. The van der Waals surface area contributed by atoms with Crippen LogP contribution >= 0.6 is 11.3 Å². The molecule has 0 saturated heterocycles. The maximum atomic E-state index is 5.31. The fourth-order valence-electron chi connectivity index (χ4n) is 1.42. The second-order valence-corrected chi connectivity index (χ2v) is 4.91. The van der Waals surface area contributed by atoms with Crippen LogP contribution in [0, 0.1) is 6.92 Å². The maximum absolute atomic E-state index is 5.31. The molecule has 0 aliphatic heterocycles. The molecule has 0 amide bonds. The third kappa shape index (κ3) is 3.42. The first-order valence-electron chi connectivity index (χ1n) is 5.52. The molecular weight excluding hydrogens is 234 g/mol. The fourth-order valence-corrected chi connectivity index (χ4v) is 2.25. The van der Waals surface area contributed by atoms with E-state index in [0.717, 1.165) is 12.4 Å². The lowest BCUT2D eigenvalue weighted by Crippen LogP contribution is -2.01. The zero-order chi connectivity index (χ0) is 12.1. The van der Waals surface area contributed by atoms with Crippen LogP contribution in [0.3, 0.4) is 0 Å². The van der Waals surface area contributed by atoms with Crippen LogP contribution in [0.4, 0.5) is 5.82 Å². The molecule has 0 spiro atoms. The smallest absolute Gasteiger partial charge is 0.218 e. The number of hydrogen-bond acceptors (Lipinski definition) is 5. The average molecular weight is 249 g/mol. The van der Waals surface area contributed by atoms with E-state index < -0.39 is 0 Å². The Hall–Kier alpha value is -1.62. The van der Waals surface area contributed by atoms with Gasteiger partial charge in [-0.2, -0.15) is 0 Å². The summed E-state index contributed by atoms with van der Waals surface area (Å²) >= 11 is 1.78. The molecule has 5 heteroatoms. The molecule has 17 heavy (non-hydrogen) atoms. The van der Waals surface area contributed by atoms with Crippen LogP contribution in [0.15, 0.2) is 24.5 Å². The van der Waals surface area contributed by atoms with Gasteiger partial charge in [-0.1, -0.05) is 0 Å². The molecule has 0 unspecified atom stereocenters. The van der Waals surface area contributed by atoms with Crippen molar-refractivity contribution in [3.63, 3.8) is 0 Å². The molecule has 0 aliphatic carbocycles. The molecule has 0 radical (unpaired) electrons. The molecule has 4 nitrogen and oxygen atoms in total. The summed E-state index contributed by atoms with van der Waals surface area (Å²) in [4.78, 5) is 10.8. The second-order valence-electron chi connectivity index (χ2n) is 3.54. The lowest BCUT2D eigenvalue weighted by Gasteiger charge is -2.05. The molecule has 2 aromatic heterocycles. The van der Waals surface area contributed by atoms with E-state index in [4.69, 9.17) is 4.74 Å². The molecule has 0 aromatic carbocycles. The standard InChI is InChI=1S/C12H15N3OS/c1-3-16-12-6-11(14-8-15-12)13-7-10-5-4-9(2)17-10/h4-6,8H,3,7H2,1-2H3,(H,13,14,15). The van der Waals surface area contributed by atoms with Crippen LogP contribution in [0.5, 0.6) is 5.88 Å². The Bertz CT molecular complexity index is 484. The topological polar surface area (TPSA) is 47.0 Å². The van der Waals surface area contributed by atoms with Crippen molar-refractivity contribution in [3.05, 3.63) is 34.3 Å². The van der Waals surface area contributed by atoms with Crippen molar-refractivity contribution in [1.82, 2.24) is 9.97 Å². The predicted molar refractivity (Wildman–Crippen MR) is 69.6 cm³/mol. The van der Waals surface area contributed by atoms with E-state index >= 15 is 0 Å². The van der Waals surface area contributed by atoms with Gasteiger partial charge in [-0.05, 0) is 26.0 Å². The van der Waals surface area contributed by atoms with Gasteiger partial charge in [0, 0.05) is 15.8 Å². The van der Waals surface area contributed by atoms with Gasteiger partial charge in [0.15, 0.2) is 0 Å². The van der Waals surface area contributed by atoms with E-state index in [1.54, 1.807) is 11.3 Å². The summed E-state index contributed by atoms with van der Waals surface area (Å²) in [6, 6.07) is 6.05. The SMILES string of the molecule is CCOc1cc(NCc2ccc(C)s2)ncn1. The highest BCUT2D eigenvalue weighted by atomic mass is 32.1. The molecule has 2 aromatic rings. The summed E-state index contributed by atoms with van der Waals surface area (Å²) in [6.45, 7) is 5.43. The Morgan fingerprint density at radius 3 is 2.94 bits per heavy atom. The minimum atomic E-state index is 0.604. The van der Waals surface area contributed by atoms with E-state index in [1.807, 2.05) is 13.0 Å². The number of aryl methyl sites for hydroxylation is 1. The molecule has 2 rings (SSSR count). The first-order chi connectivity index (χ1) is 8.28. The van der Waals surface area contributed by atoms with Gasteiger partial charge < -0.3 is 10.1 Å². The monoisotopic (exact) mass is 249 g/mol. The van der Waals surface area contributed by atoms with Crippen molar-refractivity contribution < 1.29 is 4.74 Å². The summed E-state index contributed by atoms with van der Waals surface area (Å²) in [5.74, 6) is 1.39. The third-order valence-corrected chi connectivity index (χ3v) is 3.17. The van der Waals surface area contributed by atoms with Crippen LogP contribution in [0.1, 0.15) is 16.7 Å². The highest BCUT2D eigenvalue weighted by molar-refractivity contribution is 7.11. The van der Waals surface area contributed by atoms with Crippen molar-refractivity contribution in [2.24, 2.45) is 0 Å². The molecule has 90 valence electrons. The number of aromatic nitrogens is 2. The number of nitrogens with zero attached hydrogens (tertiary/aromatic N) is 2. The number of rotatable bonds is 5. The molecule has 0 bridgehead atoms. The lowest BCUT2D eigenvalue weighted by molar-refractivity contribution is 0.326. The maximum Gasteiger partial charge on any atom is 0.218 e. The number of nitrogens with one attached hydrogen (secondary N) is 1. The Kier molecular flexibility index (Phi) is 3.93. The van der Waals surface area contributed by atoms with Gasteiger partial charge in [-0.3, -0.25) is 0 Å². The Balaban J connectivity index is 1.96. The second kappa shape index (κ2) is 5.63. The van der Waals surface area contributed by atoms with Gasteiger partial charge in [0.25, 0.3) is 0 Å². The minimum Gasteiger partial charge on any atom is -0.478 e. The molecule has 0 aliphatic rings. The van der Waals surface area contributed by atoms with Gasteiger partial charge in [0.1, 0.15) is 12.1 Å².